The lowest BCUT2D eigenvalue weighted by Crippen LogP contribution is -2.41. The van der Waals surface area contributed by atoms with Crippen molar-refractivity contribution in [1.82, 2.24) is 14.1 Å². The van der Waals surface area contributed by atoms with Crippen molar-refractivity contribution in [3.63, 3.8) is 0 Å². The molecule has 1 saturated carbocycles. The Hall–Kier alpha value is -1.41. The predicted octanol–water partition coefficient (Wildman–Crippen LogP) is 0.600. The molecule has 0 unspecified atom stereocenters. The van der Waals surface area contributed by atoms with Gasteiger partial charge >= 0.3 is 5.97 Å². The summed E-state index contributed by atoms with van der Waals surface area (Å²) in [5, 5.41) is 12.9. The molecule has 1 aliphatic rings. The van der Waals surface area contributed by atoms with Gasteiger partial charge in [0.2, 0.25) is 10.0 Å². The van der Waals surface area contributed by atoms with Crippen LogP contribution >= 0.6 is 0 Å². The summed E-state index contributed by atoms with van der Waals surface area (Å²) in [6, 6.07) is -0.0359. The lowest BCUT2D eigenvalue weighted by atomic mass is 9.94. The molecule has 106 valence electrons. The average molecular weight is 287 g/mol. The molecule has 0 radical (unpaired) electrons. The third kappa shape index (κ3) is 2.14. The van der Waals surface area contributed by atoms with Gasteiger partial charge in [-0.05, 0) is 19.8 Å². The van der Waals surface area contributed by atoms with Gasteiger partial charge in [0.15, 0.2) is 5.69 Å². The summed E-state index contributed by atoms with van der Waals surface area (Å²) in [4.78, 5) is 11.0. The van der Waals surface area contributed by atoms with Crippen LogP contribution in [0.2, 0.25) is 0 Å². The fraction of sp³-hybridized carbons (Fsp3) is 0.636. The highest BCUT2D eigenvalue weighted by Gasteiger charge is 2.37. The number of nitrogens with zero attached hydrogens (tertiary/aromatic N) is 3. The van der Waals surface area contributed by atoms with Crippen LogP contribution in [0.4, 0.5) is 0 Å². The molecule has 1 aliphatic carbocycles. The highest BCUT2D eigenvalue weighted by Crippen LogP contribution is 2.30. The van der Waals surface area contributed by atoms with Crippen molar-refractivity contribution in [3.8, 4) is 0 Å². The van der Waals surface area contributed by atoms with E-state index in [0.717, 1.165) is 19.3 Å². The Bertz CT molecular complexity index is 616. The fourth-order valence-corrected chi connectivity index (χ4v) is 3.90. The third-order valence-electron chi connectivity index (χ3n) is 3.71. The Morgan fingerprint density at radius 1 is 1.47 bits per heavy atom. The van der Waals surface area contributed by atoms with E-state index in [1.54, 1.807) is 6.92 Å². The van der Waals surface area contributed by atoms with Gasteiger partial charge in [0.25, 0.3) is 0 Å². The molecule has 0 amide bonds. The van der Waals surface area contributed by atoms with Crippen molar-refractivity contribution < 1.29 is 18.3 Å². The summed E-state index contributed by atoms with van der Waals surface area (Å²) in [7, 11) is -0.786. The van der Waals surface area contributed by atoms with E-state index in [4.69, 9.17) is 5.11 Å². The average Bonchev–Trinajstić information content (AvgIpc) is 2.53. The molecule has 8 heteroatoms. The molecule has 7 nitrogen and oxygen atoms in total. The first-order valence-electron chi connectivity index (χ1n) is 6.01. The molecule has 0 bridgehead atoms. The highest BCUT2D eigenvalue weighted by molar-refractivity contribution is 7.89. The summed E-state index contributed by atoms with van der Waals surface area (Å²) in [5.74, 6) is -1.33. The summed E-state index contributed by atoms with van der Waals surface area (Å²) >= 11 is 0. The lowest BCUT2D eigenvalue weighted by Gasteiger charge is -2.33. The Kier molecular flexibility index (Phi) is 3.40. The van der Waals surface area contributed by atoms with Crippen LogP contribution in [0.3, 0.4) is 0 Å². The zero-order chi connectivity index (χ0) is 14.4. The van der Waals surface area contributed by atoms with E-state index in [1.165, 1.54) is 23.1 Å². The Morgan fingerprint density at radius 2 is 2.05 bits per heavy atom. The number of aryl methyl sites for hydroxylation is 1. The second kappa shape index (κ2) is 4.61. The first kappa shape index (κ1) is 14.0. The van der Waals surface area contributed by atoms with E-state index in [0.29, 0.717) is 5.69 Å². The van der Waals surface area contributed by atoms with Crippen LogP contribution in [-0.2, 0) is 17.1 Å². The minimum Gasteiger partial charge on any atom is -0.476 e. The molecule has 2 rings (SSSR count). The van der Waals surface area contributed by atoms with Gasteiger partial charge < -0.3 is 5.11 Å². The largest absolute Gasteiger partial charge is 0.476 e. The molecular weight excluding hydrogens is 270 g/mol. The maximum Gasteiger partial charge on any atom is 0.357 e. The zero-order valence-corrected chi connectivity index (χ0v) is 11.9. The highest BCUT2D eigenvalue weighted by atomic mass is 32.2. The second-order valence-corrected chi connectivity index (χ2v) is 6.73. The third-order valence-corrected chi connectivity index (χ3v) is 5.77. The minimum atomic E-state index is -3.82. The van der Waals surface area contributed by atoms with Crippen LogP contribution < -0.4 is 0 Å². The molecule has 1 heterocycles. The van der Waals surface area contributed by atoms with Crippen LogP contribution in [0.5, 0.6) is 0 Å². The number of carboxylic acid groups (broad SMARTS) is 1. The van der Waals surface area contributed by atoms with Crippen molar-refractivity contribution in [2.24, 2.45) is 7.05 Å². The molecular formula is C11H17N3O4S. The van der Waals surface area contributed by atoms with Crippen molar-refractivity contribution in [3.05, 3.63) is 11.4 Å². The van der Waals surface area contributed by atoms with E-state index in [2.05, 4.69) is 5.10 Å². The summed E-state index contributed by atoms with van der Waals surface area (Å²) in [6.07, 6.45) is 2.64. The summed E-state index contributed by atoms with van der Waals surface area (Å²) in [6.45, 7) is 1.56. The molecule has 19 heavy (non-hydrogen) atoms. The van der Waals surface area contributed by atoms with Gasteiger partial charge in [-0.25, -0.2) is 13.2 Å². The number of sulfonamides is 1. The van der Waals surface area contributed by atoms with Gasteiger partial charge in [-0.1, -0.05) is 6.42 Å². The smallest absolute Gasteiger partial charge is 0.357 e. The number of carboxylic acids is 1. The molecule has 0 aromatic carbocycles. The number of carbonyl (C=O) groups is 1. The van der Waals surface area contributed by atoms with E-state index in [-0.39, 0.29) is 10.9 Å². The Labute approximate surface area is 111 Å². The minimum absolute atomic E-state index is 0.0359. The van der Waals surface area contributed by atoms with Crippen molar-refractivity contribution in [2.75, 3.05) is 7.05 Å². The zero-order valence-electron chi connectivity index (χ0n) is 11.1. The predicted molar refractivity (Wildman–Crippen MR) is 67.5 cm³/mol. The number of hydrogen-bond donors (Lipinski definition) is 1. The molecule has 1 fully saturated rings. The van der Waals surface area contributed by atoms with Crippen LogP contribution in [-0.4, -0.2) is 46.7 Å². The van der Waals surface area contributed by atoms with Gasteiger partial charge in [-0.15, -0.1) is 0 Å². The second-order valence-electron chi connectivity index (χ2n) is 4.80. The van der Waals surface area contributed by atoms with Crippen LogP contribution in [0.25, 0.3) is 0 Å². The van der Waals surface area contributed by atoms with Crippen molar-refractivity contribution in [2.45, 2.75) is 37.1 Å². The van der Waals surface area contributed by atoms with Crippen LogP contribution in [0, 0.1) is 6.92 Å². The quantitative estimate of drug-likeness (QED) is 0.875. The molecule has 0 spiro atoms. The normalized spacial score (nSPS) is 16.6. The first-order chi connectivity index (χ1) is 8.76. The Morgan fingerprint density at radius 3 is 2.47 bits per heavy atom. The van der Waals surface area contributed by atoms with Crippen molar-refractivity contribution in [1.29, 1.82) is 0 Å². The number of aromatic nitrogens is 2. The molecule has 0 atom stereocenters. The van der Waals surface area contributed by atoms with Gasteiger partial charge in [0.1, 0.15) is 4.90 Å². The Balaban J connectivity index is 2.53. The monoisotopic (exact) mass is 287 g/mol. The maximum atomic E-state index is 12.5. The fourth-order valence-electron chi connectivity index (χ4n) is 2.13. The van der Waals surface area contributed by atoms with E-state index >= 15 is 0 Å². The van der Waals surface area contributed by atoms with Gasteiger partial charge in [-0.2, -0.15) is 9.40 Å². The summed E-state index contributed by atoms with van der Waals surface area (Å²) in [5.41, 5.74) is -0.0743. The molecule has 1 aromatic rings. The molecule has 0 aliphatic heterocycles. The first-order valence-corrected chi connectivity index (χ1v) is 7.45. The van der Waals surface area contributed by atoms with Crippen LogP contribution in [0.1, 0.15) is 35.4 Å². The van der Waals surface area contributed by atoms with E-state index < -0.39 is 21.7 Å². The molecule has 0 saturated heterocycles. The number of rotatable bonds is 4. The lowest BCUT2D eigenvalue weighted by molar-refractivity contribution is 0.0685. The van der Waals surface area contributed by atoms with E-state index in [9.17, 15) is 13.2 Å². The maximum absolute atomic E-state index is 12.5. The topological polar surface area (TPSA) is 92.5 Å². The van der Waals surface area contributed by atoms with E-state index in [1.807, 2.05) is 0 Å². The van der Waals surface area contributed by atoms with Crippen LogP contribution in [0.15, 0.2) is 4.90 Å². The standard InChI is InChI=1S/C11H17N3O4S/c1-7-10(9(11(15)16)12-13(7)2)19(17,18)14(3)8-5-4-6-8/h8H,4-6H2,1-3H3,(H,15,16). The number of aromatic carboxylic acids is 1. The molecule has 1 N–H and O–H groups in total. The van der Waals surface area contributed by atoms with Crippen molar-refractivity contribution >= 4 is 16.0 Å². The van der Waals surface area contributed by atoms with Gasteiger partial charge in [0.05, 0.1) is 5.69 Å². The molecule has 1 aromatic heterocycles. The number of hydrogen-bond acceptors (Lipinski definition) is 4. The summed E-state index contributed by atoms with van der Waals surface area (Å²) < 4.78 is 27.6. The van der Waals surface area contributed by atoms with Gasteiger partial charge in [-0.3, -0.25) is 4.68 Å². The SMILES string of the molecule is Cc1c(S(=O)(=O)N(C)C2CCC2)c(C(=O)O)nn1C. The van der Waals surface area contributed by atoms with Gasteiger partial charge in [0, 0.05) is 20.1 Å².